The minimum absolute atomic E-state index is 0.163. The van der Waals surface area contributed by atoms with Crippen LogP contribution in [0.5, 0.6) is 0 Å². The smallest absolute Gasteiger partial charge is 0.187 e. The fourth-order valence-electron chi connectivity index (χ4n) is 4.28. The van der Waals surface area contributed by atoms with Crippen LogP contribution < -0.4 is 0 Å². The summed E-state index contributed by atoms with van der Waals surface area (Å²) in [6.07, 6.45) is 36.9. The van der Waals surface area contributed by atoms with Crippen LogP contribution in [0.3, 0.4) is 0 Å². The van der Waals surface area contributed by atoms with Crippen molar-refractivity contribution in [2.75, 3.05) is 0 Å². The van der Waals surface area contributed by atoms with Gasteiger partial charge in [-0.15, -0.1) is 0 Å². The minimum Gasteiger partial charge on any atom is -0.385 e. The number of hydrogen-bond acceptors (Lipinski definition) is 2. The zero-order chi connectivity index (χ0) is 31.7. The molecule has 0 aromatic heterocycles. The van der Waals surface area contributed by atoms with Gasteiger partial charge in [0.25, 0.3) is 0 Å². The molecule has 2 nitrogen and oxygen atoms in total. The summed E-state index contributed by atoms with van der Waals surface area (Å²) in [6, 6.07) is 0. The second kappa shape index (κ2) is 18.6. The summed E-state index contributed by atoms with van der Waals surface area (Å²) in [5, 5.41) is 10.0. The van der Waals surface area contributed by atoms with Crippen LogP contribution in [0.15, 0.2) is 154 Å². The van der Waals surface area contributed by atoms with Crippen LogP contribution >= 0.6 is 0 Å². The lowest BCUT2D eigenvalue weighted by molar-refractivity contribution is -0.125. The predicted molar refractivity (Wildman–Crippen MR) is 185 cm³/mol. The van der Waals surface area contributed by atoms with Crippen molar-refractivity contribution in [3.63, 3.8) is 0 Å². The molecule has 0 unspecified atom stereocenters. The lowest BCUT2D eigenvalue weighted by Gasteiger charge is -2.34. The summed E-state index contributed by atoms with van der Waals surface area (Å²) in [5.41, 5.74) is 8.54. The molecule has 0 heterocycles. The third-order valence-corrected chi connectivity index (χ3v) is 6.79. The van der Waals surface area contributed by atoms with Crippen molar-refractivity contribution in [3.05, 3.63) is 154 Å². The topological polar surface area (TPSA) is 37.3 Å². The van der Waals surface area contributed by atoms with E-state index < -0.39 is 6.10 Å². The molecule has 224 valence electrons. The van der Waals surface area contributed by atoms with Crippen LogP contribution in [0.4, 0.5) is 0 Å². The molecule has 0 amide bonds. The summed E-state index contributed by atoms with van der Waals surface area (Å²) >= 11 is 0. The molecule has 0 saturated heterocycles. The number of carbonyl (C=O) groups is 1. The van der Waals surface area contributed by atoms with Gasteiger partial charge in [0.1, 0.15) is 6.10 Å². The molecule has 0 aromatic rings. The Morgan fingerprint density at radius 1 is 0.619 bits per heavy atom. The van der Waals surface area contributed by atoms with E-state index in [0.717, 1.165) is 16.7 Å². The largest absolute Gasteiger partial charge is 0.385 e. The summed E-state index contributed by atoms with van der Waals surface area (Å²) < 4.78 is 0. The van der Waals surface area contributed by atoms with Gasteiger partial charge in [0.05, 0.1) is 0 Å². The van der Waals surface area contributed by atoms with Crippen molar-refractivity contribution in [1.82, 2.24) is 0 Å². The Kier molecular flexibility index (Phi) is 16.1. The number of ketones is 1. The van der Waals surface area contributed by atoms with Crippen molar-refractivity contribution >= 4 is 5.78 Å². The van der Waals surface area contributed by atoms with Gasteiger partial charge in [-0.05, 0) is 78.4 Å². The van der Waals surface area contributed by atoms with Crippen molar-refractivity contribution in [2.24, 2.45) is 5.41 Å². The number of hydrogen-bond donors (Lipinski definition) is 1. The molecule has 0 saturated carbocycles. The third kappa shape index (κ3) is 14.8. The molecule has 1 N–H and O–H groups in total. The van der Waals surface area contributed by atoms with Gasteiger partial charge in [-0.1, -0.05) is 157 Å². The molecule has 0 fully saturated rings. The van der Waals surface area contributed by atoms with Crippen molar-refractivity contribution in [3.8, 4) is 0 Å². The van der Waals surface area contributed by atoms with Gasteiger partial charge in [0.2, 0.25) is 0 Å². The third-order valence-electron chi connectivity index (χ3n) is 6.79. The zero-order valence-electron chi connectivity index (χ0n) is 27.5. The van der Waals surface area contributed by atoms with Gasteiger partial charge in [-0.25, -0.2) is 0 Å². The minimum atomic E-state index is -0.895. The Bertz CT molecular complexity index is 1340. The first-order chi connectivity index (χ1) is 19.7. The fraction of sp³-hybridized carbons (Fsp3) is 0.325. The van der Waals surface area contributed by atoms with E-state index in [-0.39, 0.29) is 11.2 Å². The molecule has 42 heavy (non-hydrogen) atoms. The highest BCUT2D eigenvalue weighted by atomic mass is 16.3. The van der Waals surface area contributed by atoms with Crippen LogP contribution in [0.2, 0.25) is 0 Å². The van der Waals surface area contributed by atoms with E-state index >= 15 is 0 Å². The van der Waals surface area contributed by atoms with E-state index in [9.17, 15) is 9.90 Å². The number of Topliss-reactive ketones (excluding diaryl/α,β-unsaturated/α-hetero) is 1. The SMILES string of the molecule is CC(C)=C\C=C/C(C)=C/C=C/C(C)=C/C=C/C(C)=C/C=C/C=C(C)/C=C/C=C(C)/C=C/C1=C(C)C(=O)[C@@H](O)CC1(C)C. The molecule has 1 rings (SSSR count). The van der Waals surface area contributed by atoms with Crippen LogP contribution in [0, 0.1) is 5.41 Å². The van der Waals surface area contributed by atoms with Crippen LogP contribution in [0.25, 0.3) is 0 Å². The molecular formula is C40H52O2. The number of allylic oxidation sites excluding steroid dienone is 25. The molecule has 0 aromatic carbocycles. The average molecular weight is 565 g/mol. The van der Waals surface area contributed by atoms with E-state index in [4.69, 9.17) is 0 Å². The van der Waals surface area contributed by atoms with Crippen molar-refractivity contribution in [2.45, 2.75) is 81.8 Å². The van der Waals surface area contributed by atoms with E-state index in [0.29, 0.717) is 12.0 Å². The van der Waals surface area contributed by atoms with Gasteiger partial charge >= 0.3 is 0 Å². The first-order valence-corrected chi connectivity index (χ1v) is 14.7. The Hall–Kier alpha value is -3.75. The summed E-state index contributed by atoms with van der Waals surface area (Å²) in [6.45, 7) is 20.5. The van der Waals surface area contributed by atoms with E-state index in [2.05, 4.69) is 134 Å². The van der Waals surface area contributed by atoms with Gasteiger partial charge in [0.15, 0.2) is 5.78 Å². The first kappa shape index (κ1) is 36.3. The molecule has 0 aliphatic heterocycles. The standard InChI is InChI=1S/C40H52O2/c1-30(2)17-13-20-33(5)23-15-25-34(6)24-14-21-31(3)18-11-12-19-32(4)22-16-26-35(7)27-28-37-36(8)39(42)38(41)29-40(37,9)10/h11-28,38,41H,29H2,1-10H3/b12-11+,20-13-,21-14+,22-16+,25-15+,28-27+,31-18+,32-19+,33-23+,34-24+,35-26+/t38-/m0/s1. The molecule has 0 spiro atoms. The number of carbonyl (C=O) groups excluding carboxylic acids is 1. The van der Waals surface area contributed by atoms with Crippen molar-refractivity contribution < 1.29 is 9.90 Å². The van der Waals surface area contributed by atoms with Gasteiger partial charge in [-0.2, -0.15) is 0 Å². The highest BCUT2D eigenvalue weighted by Crippen LogP contribution is 2.39. The number of aliphatic hydroxyl groups excluding tert-OH is 1. The molecule has 1 aliphatic rings. The molecule has 0 bridgehead atoms. The monoisotopic (exact) mass is 564 g/mol. The highest BCUT2D eigenvalue weighted by Gasteiger charge is 2.36. The Labute approximate surface area is 256 Å². The van der Waals surface area contributed by atoms with Crippen molar-refractivity contribution in [1.29, 1.82) is 0 Å². The Balaban J connectivity index is 2.67. The molecule has 1 aliphatic carbocycles. The fourth-order valence-corrected chi connectivity index (χ4v) is 4.28. The number of rotatable bonds is 12. The maximum absolute atomic E-state index is 12.2. The van der Waals surface area contributed by atoms with Gasteiger partial charge < -0.3 is 5.11 Å². The van der Waals surface area contributed by atoms with E-state index in [1.165, 1.54) is 22.3 Å². The summed E-state index contributed by atoms with van der Waals surface area (Å²) in [4.78, 5) is 12.2. The maximum atomic E-state index is 12.2. The molecule has 1 atom stereocenters. The second-order valence-electron chi connectivity index (χ2n) is 12.0. The summed E-state index contributed by atoms with van der Waals surface area (Å²) in [7, 11) is 0. The Morgan fingerprint density at radius 2 is 0.976 bits per heavy atom. The zero-order valence-corrected chi connectivity index (χ0v) is 27.5. The van der Waals surface area contributed by atoms with Crippen LogP contribution in [0.1, 0.15) is 75.7 Å². The highest BCUT2D eigenvalue weighted by molar-refractivity contribution is 6.00. The van der Waals surface area contributed by atoms with Gasteiger partial charge in [-0.3, -0.25) is 4.79 Å². The quantitative estimate of drug-likeness (QED) is 0.239. The molecule has 0 radical (unpaired) electrons. The summed E-state index contributed by atoms with van der Waals surface area (Å²) in [5.74, 6) is -0.163. The Morgan fingerprint density at radius 3 is 1.38 bits per heavy atom. The normalized spacial score (nSPS) is 20.2. The van der Waals surface area contributed by atoms with Crippen LogP contribution in [-0.2, 0) is 4.79 Å². The van der Waals surface area contributed by atoms with Crippen LogP contribution in [-0.4, -0.2) is 17.0 Å². The predicted octanol–water partition coefficient (Wildman–Crippen LogP) is 10.7. The first-order valence-electron chi connectivity index (χ1n) is 14.7. The lowest BCUT2D eigenvalue weighted by atomic mass is 9.71. The van der Waals surface area contributed by atoms with Gasteiger partial charge in [0, 0.05) is 0 Å². The van der Waals surface area contributed by atoms with E-state index in [1.54, 1.807) is 0 Å². The molecule has 2 heteroatoms. The molecular weight excluding hydrogens is 512 g/mol. The maximum Gasteiger partial charge on any atom is 0.187 e. The lowest BCUT2D eigenvalue weighted by Crippen LogP contribution is -2.35. The average Bonchev–Trinajstić information content (AvgIpc) is 2.89. The number of aliphatic hydroxyl groups is 1. The second-order valence-corrected chi connectivity index (χ2v) is 12.0. The van der Waals surface area contributed by atoms with E-state index in [1.807, 2.05) is 44.2 Å².